The number of piperazine rings is 1. The fourth-order valence-electron chi connectivity index (χ4n) is 3.47. The molecule has 0 unspecified atom stereocenters. The van der Waals surface area contributed by atoms with Crippen molar-refractivity contribution in [3.05, 3.63) is 29.3 Å². The van der Waals surface area contributed by atoms with Crippen LogP contribution in [0.4, 0.5) is 0 Å². The standard InChI is InChI=1S/C20H23N5OS/c1-2-3-9-20(22-23-20)10-8-19(26)25-13-11-24(12-14-25)15-18-21-16-6-4-5-7-17(16)27-18/h1,4-7H,3,8-15H2. The molecule has 0 N–H and O–H groups in total. The fraction of sp³-hybridized carbons (Fsp3) is 0.500. The summed E-state index contributed by atoms with van der Waals surface area (Å²) in [7, 11) is 0. The number of aromatic nitrogens is 1. The zero-order chi connectivity index (χ0) is 18.7. The molecular weight excluding hydrogens is 358 g/mol. The number of hydrogen-bond acceptors (Lipinski definition) is 6. The fourth-order valence-corrected chi connectivity index (χ4v) is 4.48. The molecule has 2 aromatic rings. The Morgan fingerprint density at radius 1 is 1.19 bits per heavy atom. The number of para-hydroxylation sites is 1. The van der Waals surface area contributed by atoms with Gasteiger partial charge in [0.2, 0.25) is 5.91 Å². The Kier molecular flexibility index (Phi) is 5.19. The van der Waals surface area contributed by atoms with Gasteiger partial charge in [-0.2, -0.15) is 10.2 Å². The maximum absolute atomic E-state index is 12.5. The topological polar surface area (TPSA) is 61.2 Å². The molecule has 1 amide bonds. The van der Waals surface area contributed by atoms with E-state index in [1.54, 1.807) is 11.3 Å². The first kappa shape index (κ1) is 18.1. The number of hydrogen-bond donors (Lipinski definition) is 0. The van der Waals surface area contributed by atoms with Gasteiger partial charge in [0.05, 0.1) is 16.8 Å². The minimum Gasteiger partial charge on any atom is -0.340 e. The first-order chi connectivity index (χ1) is 13.2. The van der Waals surface area contributed by atoms with Crippen molar-refractivity contribution >= 4 is 27.5 Å². The lowest BCUT2D eigenvalue weighted by Gasteiger charge is -2.34. The quantitative estimate of drug-likeness (QED) is 0.692. The molecule has 7 heteroatoms. The molecule has 1 aromatic heterocycles. The highest BCUT2D eigenvalue weighted by Gasteiger charge is 2.39. The van der Waals surface area contributed by atoms with Crippen LogP contribution in [-0.2, 0) is 11.3 Å². The average Bonchev–Trinajstić information content (AvgIpc) is 3.35. The van der Waals surface area contributed by atoms with Crippen LogP contribution in [0.2, 0.25) is 0 Å². The summed E-state index contributed by atoms with van der Waals surface area (Å²) < 4.78 is 1.23. The van der Waals surface area contributed by atoms with Gasteiger partial charge in [0.25, 0.3) is 0 Å². The van der Waals surface area contributed by atoms with Crippen LogP contribution in [0.5, 0.6) is 0 Å². The van der Waals surface area contributed by atoms with Crippen LogP contribution < -0.4 is 0 Å². The first-order valence-electron chi connectivity index (χ1n) is 9.40. The monoisotopic (exact) mass is 381 g/mol. The van der Waals surface area contributed by atoms with Gasteiger partial charge in [0, 0.05) is 51.9 Å². The molecule has 2 aliphatic heterocycles. The van der Waals surface area contributed by atoms with E-state index < -0.39 is 0 Å². The van der Waals surface area contributed by atoms with Crippen molar-refractivity contribution in [1.82, 2.24) is 14.8 Å². The molecule has 0 saturated carbocycles. The Morgan fingerprint density at radius 3 is 2.67 bits per heavy atom. The van der Waals surface area contributed by atoms with Crippen LogP contribution >= 0.6 is 11.3 Å². The molecule has 1 saturated heterocycles. The molecule has 0 atom stereocenters. The summed E-state index contributed by atoms with van der Waals surface area (Å²) >= 11 is 1.75. The molecule has 6 nitrogen and oxygen atoms in total. The van der Waals surface area contributed by atoms with Crippen molar-refractivity contribution < 1.29 is 4.79 Å². The van der Waals surface area contributed by atoms with E-state index in [0.717, 1.165) is 49.7 Å². The summed E-state index contributed by atoms with van der Waals surface area (Å²) in [6.07, 6.45) is 7.90. The summed E-state index contributed by atoms with van der Waals surface area (Å²) in [6, 6.07) is 8.24. The number of carbonyl (C=O) groups is 1. The molecular formula is C20H23N5OS. The molecule has 2 aliphatic rings. The van der Waals surface area contributed by atoms with Gasteiger partial charge >= 0.3 is 0 Å². The van der Waals surface area contributed by atoms with E-state index in [-0.39, 0.29) is 11.6 Å². The van der Waals surface area contributed by atoms with Gasteiger partial charge in [-0.25, -0.2) is 4.98 Å². The van der Waals surface area contributed by atoms with Gasteiger partial charge < -0.3 is 4.90 Å². The number of carbonyl (C=O) groups excluding carboxylic acids is 1. The number of nitrogens with zero attached hydrogens (tertiary/aromatic N) is 5. The molecule has 140 valence electrons. The van der Waals surface area contributed by atoms with Crippen molar-refractivity contribution in [2.75, 3.05) is 26.2 Å². The van der Waals surface area contributed by atoms with E-state index in [9.17, 15) is 4.79 Å². The first-order valence-corrected chi connectivity index (χ1v) is 10.2. The van der Waals surface area contributed by atoms with Gasteiger partial charge in [0.1, 0.15) is 5.01 Å². The summed E-state index contributed by atoms with van der Waals surface area (Å²) in [5, 5.41) is 9.36. The third kappa shape index (κ3) is 4.34. The van der Waals surface area contributed by atoms with Crippen LogP contribution in [0.15, 0.2) is 34.5 Å². The van der Waals surface area contributed by atoms with Crippen LogP contribution in [-0.4, -0.2) is 52.5 Å². The molecule has 1 fully saturated rings. The smallest absolute Gasteiger partial charge is 0.222 e. The maximum atomic E-state index is 12.5. The Bertz CT molecular complexity index is 852. The number of terminal acetylenes is 1. The summed E-state index contributed by atoms with van der Waals surface area (Å²) in [6.45, 7) is 4.18. The molecule has 0 bridgehead atoms. The number of thiazole rings is 1. The zero-order valence-electron chi connectivity index (χ0n) is 15.3. The Balaban J connectivity index is 1.22. The predicted octanol–water partition coefficient (Wildman–Crippen LogP) is 3.30. The van der Waals surface area contributed by atoms with Gasteiger partial charge in [-0.1, -0.05) is 12.1 Å². The van der Waals surface area contributed by atoms with Crippen molar-refractivity contribution in [2.45, 2.75) is 37.9 Å². The third-order valence-corrected chi connectivity index (χ3v) is 6.23. The second kappa shape index (κ2) is 7.75. The van der Waals surface area contributed by atoms with Crippen molar-refractivity contribution in [2.24, 2.45) is 10.2 Å². The van der Waals surface area contributed by atoms with Crippen molar-refractivity contribution in [3.8, 4) is 12.3 Å². The largest absolute Gasteiger partial charge is 0.340 e. The number of fused-ring (bicyclic) bond motifs is 1. The van der Waals surface area contributed by atoms with E-state index in [4.69, 9.17) is 11.4 Å². The van der Waals surface area contributed by atoms with Crippen molar-refractivity contribution in [3.63, 3.8) is 0 Å². The Morgan fingerprint density at radius 2 is 1.96 bits per heavy atom. The number of amides is 1. The average molecular weight is 382 g/mol. The lowest BCUT2D eigenvalue weighted by Crippen LogP contribution is -2.48. The molecule has 0 aliphatic carbocycles. The molecule has 3 heterocycles. The van der Waals surface area contributed by atoms with E-state index >= 15 is 0 Å². The maximum Gasteiger partial charge on any atom is 0.222 e. The van der Waals surface area contributed by atoms with Crippen LogP contribution in [0.25, 0.3) is 10.2 Å². The third-order valence-electron chi connectivity index (χ3n) is 5.21. The lowest BCUT2D eigenvalue weighted by molar-refractivity contribution is -0.133. The van der Waals surface area contributed by atoms with E-state index in [1.807, 2.05) is 17.0 Å². The normalized spacial score (nSPS) is 18.6. The SMILES string of the molecule is C#CCCC1(CCC(=O)N2CCN(Cc3nc4ccccc4s3)CC2)N=N1. The summed E-state index contributed by atoms with van der Waals surface area (Å²) in [4.78, 5) is 21.6. The highest BCUT2D eigenvalue weighted by atomic mass is 32.1. The minimum atomic E-state index is -0.364. The van der Waals surface area contributed by atoms with Gasteiger partial charge in [-0.15, -0.1) is 23.7 Å². The van der Waals surface area contributed by atoms with Crippen LogP contribution in [0, 0.1) is 12.3 Å². The highest BCUT2D eigenvalue weighted by Crippen LogP contribution is 2.37. The van der Waals surface area contributed by atoms with Gasteiger partial charge in [0.15, 0.2) is 5.66 Å². The lowest BCUT2D eigenvalue weighted by atomic mass is 10.0. The van der Waals surface area contributed by atoms with Crippen LogP contribution in [0.1, 0.15) is 30.7 Å². The van der Waals surface area contributed by atoms with Crippen LogP contribution in [0.3, 0.4) is 0 Å². The summed E-state index contributed by atoms with van der Waals surface area (Å²) in [5.74, 6) is 2.82. The van der Waals surface area contributed by atoms with E-state index in [0.29, 0.717) is 19.3 Å². The van der Waals surface area contributed by atoms with Gasteiger partial charge in [-0.05, 0) is 12.1 Å². The molecule has 1 aromatic carbocycles. The van der Waals surface area contributed by atoms with Gasteiger partial charge in [-0.3, -0.25) is 9.69 Å². The molecule has 27 heavy (non-hydrogen) atoms. The molecule has 4 rings (SSSR count). The predicted molar refractivity (Wildman–Crippen MR) is 106 cm³/mol. The Hall–Kier alpha value is -2.30. The van der Waals surface area contributed by atoms with E-state index in [1.165, 1.54) is 4.70 Å². The second-order valence-electron chi connectivity index (χ2n) is 7.12. The summed E-state index contributed by atoms with van der Waals surface area (Å²) in [5.41, 5.74) is 0.706. The molecule has 0 radical (unpaired) electrons. The molecule has 0 spiro atoms. The van der Waals surface area contributed by atoms with E-state index in [2.05, 4.69) is 33.2 Å². The highest BCUT2D eigenvalue weighted by molar-refractivity contribution is 7.18. The minimum absolute atomic E-state index is 0.201. The van der Waals surface area contributed by atoms with Crippen molar-refractivity contribution in [1.29, 1.82) is 0 Å². The number of rotatable bonds is 7. The second-order valence-corrected chi connectivity index (χ2v) is 8.23. The number of benzene rings is 1. The zero-order valence-corrected chi connectivity index (χ0v) is 16.1. The Labute approximate surface area is 163 Å².